The fraction of sp³-hybridized carbons (Fsp3) is 0.538. The molecular formula is C13H17ClFNO4S. The number of benzene rings is 1. The van der Waals surface area contributed by atoms with E-state index in [2.05, 4.69) is 4.72 Å². The van der Waals surface area contributed by atoms with Gasteiger partial charge in [-0.2, -0.15) is 0 Å². The van der Waals surface area contributed by atoms with Gasteiger partial charge in [0.1, 0.15) is 5.82 Å². The summed E-state index contributed by atoms with van der Waals surface area (Å²) in [5.74, 6) is -0.882. The van der Waals surface area contributed by atoms with Crippen LogP contribution in [-0.4, -0.2) is 32.3 Å². The van der Waals surface area contributed by atoms with Crippen LogP contribution in [0.15, 0.2) is 17.0 Å². The van der Waals surface area contributed by atoms with E-state index >= 15 is 0 Å². The van der Waals surface area contributed by atoms with Crippen LogP contribution in [0.3, 0.4) is 0 Å². The van der Waals surface area contributed by atoms with Crippen molar-refractivity contribution in [2.75, 3.05) is 13.2 Å². The van der Waals surface area contributed by atoms with Crippen molar-refractivity contribution in [3.05, 3.63) is 28.5 Å². The summed E-state index contributed by atoms with van der Waals surface area (Å²) in [6, 6.07) is 1.99. The maximum Gasteiger partial charge on any atom is 0.240 e. The van der Waals surface area contributed by atoms with Crippen LogP contribution in [0, 0.1) is 5.82 Å². The molecule has 2 rings (SSSR count). The summed E-state index contributed by atoms with van der Waals surface area (Å²) in [6.07, 6.45) is 1.63. The molecule has 1 aromatic rings. The Balaban J connectivity index is 2.21. The number of hydrogen-bond donors (Lipinski definition) is 2. The smallest absolute Gasteiger partial charge is 0.240 e. The number of nitrogens with one attached hydrogen (secondary N) is 1. The molecule has 0 radical (unpaired) electrons. The van der Waals surface area contributed by atoms with Crippen LogP contribution in [0.4, 0.5) is 4.39 Å². The van der Waals surface area contributed by atoms with Gasteiger partial charge >= 0.3 is 0 Å². The summed E-state index contributed by atoms with van der Waals surface area (Å²) >= 11 is 5.65. The molecule has 1 saturated heterocycles. The molecule has 0 aromatic heterocycles. The van der Waals surface area contributed by atoms with Crippen LogP contribution in [0.2, 0.25) is 5.02 Å². The minimum absolute atomic E-state index is 0.0281. The van der Waals surface area contributed by atoms with E-state index in [1.54, 1.807) is 0 Å². The van der Waals surface area contributed by atoms with Crippen molar-refractivity contribution in [1.82, 2.24) is 4.72 Å². The van der Waals surface area contributed by atoms with Gasteiger partial charge in [0.15, 0.2) is 0 Å². The monoisotopic (exact) mass is 337 g/mol. The SMILES string of the molecule is CC1(CNS(=O)(=O)c2cc(F)c(Cl)c(CO)c2)CCCO1. The average molecular weight is 338 g/mol. The van der Waals surface area contributed by atoms with Gasteiger partial charge in [-0.15, -0.1) is 0 Å². The van der Waals surface area contributed by atoms with Gasteiger partial charge in [0.2, 0.25) is 10.0 Å². The number of aliphatic hydroxyl groups is 1. The lowest BCUT2D eigenvalue weighted by Gasteiger charge is -2.23. The van der Waals surface area contributed by atoms with Crippen molar-refractivity contribution in [2.24, 2.45) is 0 Å². The third-order valence-electron chi connectivity index (χ3n) is 3.49. The molecule has 2 N–H and O–H groups in total. The molecule has 0 aliphatic carbocycles. The Labute approximate surface area is 128 Å². The van der Waals surface area contributed by atoms with Crippen molar-refractivity contribution in [2.45, 2.75) is 36.9 Å². The van der Waals surface area contributed by atoms with E-state index < -0.39 is 28.0 Å². The molecule has 0 bridgehead atoms. The molecule has 0 amide bonds. The third kappa shape index (κ3) is 3.73. The van der Waals surface area contributed by atoms with Crippen molar-refractivity contribution >= 4 is 21.6 Å². The van der Waals surface area contributed by atoms with Crippen LogP contribution in [0.5, 0.6) is 0 Å². The molecule has 1 heterocycles. The number of ether oxygens (including phenoxy) is 1. The molecule has 5 nitrogen and oxygen atoms in total. The molecule has 1 fully saturated rings. The zero-order valence-electron chi connectivity index (χ0n) is 11.5. The molecule has 0 saturated carbocycles. The van der Waals surface area contributed by atoms with E-state index in [1.165, 1.54) is 0 Å². The minimum Gasteiger partial charge on any atom is -0.392 e. The van der Waals surface area contributed by atoms with E-state index in [4.69, 9.17) is 21.4 Å². The largest absolute Gasteiger partial charge is 0.392 e. The Kier molecular flexibility index (Phi) is 4.89. The minimum atomic E-state index is -3.90. The van der Waals surface area contributed by atoms with Gasteiger partial charge in [-0.25, -0.2) is 17.5 Å². The molecule has 1 aromatic carbocycles. The van der Waals surface area contributed by atoms with Crippen molar-refractivity contribution in [3.63, 3.8) is 0 Å². The number of sulfonamides is 1. The highest BCUT2D eigenvalue weighted by Gasteiger charge is 2.31. The predicted molar refractivity (Wildman–Crippen MR) is 76.1 cm³/mol. The van der Waals surface area contributed by atoms with Crippen molar-refractivity contribution in [3.8, 4) is 0 Å². The predicted octanol–water partition coefficient (Wildman–Crippen LogP) is 1.82. The highest BCUT2D eigenvalue weighted by Crippen LogP contribution is 2.26. The van der Waals surface area contributed by atoms with Crippen LogP contribution in [-0.2, 0) is 21.4 Å². The summed E-state index contributed by atoms with van der Waals surface area (Å²) in [6.45, 7) is 1.99. The first kappa shape index (κ1) is 16.6. The zero-order chi connectivity index (χ0) is 15.7. The quantitative estimate of drug-likeness (QED) is 0.859. The summed E-state index contributed by atoms with van der Waals surface area (Å²) in [5, 5.41) is 8.81. The van der Waals surface area contributed by atoms with Crippen LogP contribution >= 0.6 is 11.6 Å². The lowest BCUT2D eigenvalue weighted by molar-refractivity contribution is 0.0250. The lowest BCUT2D eigenvalue weighted by atomic mass is 10.0. The summed E-state index contributed by atoms with van der Waals surface area (Å²) in [7, 11) is -3.90. The van der Waals surface area contributed by atoms with Crippen molar-refractivity contribution < 1.29 is 22.7 Å². The van der Waals surface area contributed by atoms with Gasteiger partial charge in [0.05, 0.1) is 22.1 Å². The first-order chi connectivity index (χ1) is 9.77. The summed E-state index contributed by atoms with van der Waals surface area (Å²) in [4.78, 5) is -0.268. The lowest BCUT2D eigenvalue weighted by Crippen LogP contribution is -2.40. The number of hydrogen-bond acceptors (Lipinski definition) is 4. The number of rotatable bonds is 5. The molecule has 1 aliphatic heterocycles. The Morgan fingerprint density at radius 1 is 1.52 bits per heavy atom. The Morgan fingerprint density at radius 2 is 2.24 bits per heavy atom. The maximum atomic E-state index is 13.6. The second-order valence-corrected chi connectivity index (χ2v) is 7.41. The van der Waals surface area contributed by atoms with Gasteiger partial charge in [0, 0.05) is 18.7 Å². The first-order valence-corrected chi connectivity index (χ1v) is 8.36. The van der Waals surface area contributed by atoms with Crippen molar-refractivity contribution in [1.29, 1.82) is 0 Å². The topological polar surface area (TPSA) is 75.6 Å². The molecule has 21 heavy (non-hydrogen) atoms. The molecule has 1 unspecified atom stereocenters. The summed E-state index contributed by atoms with van der Waals surface area (Å²) < 4.78 is 45.9. The van der Waals surface area contributed by atoms with Crippen LogP contribution in [0.1, 0.15) is 25.3 Å². The maximum absolute atomic E-state index is 13.6. The van der Waals surface area contributed by atoms with E-state index in [9.17, 15) is 12.8 Å². The molecule has 1 atom stereocenters. The standard InChI is InChI=1S/C13H17ClFNO4S/c1-13(3-2-4-20-13)8-16-21(18,19)10-5-9(7-17)12(14)11(15)6-10/h5-6,16-17H,2-4,7-8H2,1H3. The Hall–Kier alpha value is -0.730. The zero-order valence-corrected chi connectivity index (χ0v) is 13.1. The second-order valence-electron chi connectivity index (χ2n) is 5.26. The Bertz CT molecular complexity index is 629. The Morgan fingerprint density at radius 3 is 2.81 bits per heavy atom. The van der Waals surface area contributed by atoms with Crippen LogP contribution in [0.25, 0.3) is 0 Å². The first-order valence-electron chi connectivity index (χ1n) is 6.50. The molecule has 118 valence electrons. The van der Waals surface area contributed by atoms with Gasteiger partial charge in [-0.05, 0) is 31.9 Å². The van der Waals surface area contributed by atoms with Crippen LogP contribution < -0.4 is 4.72 Å². The summed E-state index contributed by atoms with van der Waals surface area (Å²) in [5.41, 5.74) is -0.516. The van der Waals surface area contributed by atoms with Gasteiger partial charge < -0.3 is 9.84 Å². The molecule has 1 aliphatic rings. The highest BCUT2D eigenvalue weighted by molar-refractivity contribution is 7.89. The average Bonchev–Trinajstić information content (AvgIpc) is 2.87. The van der Waals surface area contributed by atoms with E-state index in [0.29, 0.717) is 6.61 Å². The highest BCUT2D eigenvalue weighted by atomic mass is 35.5. The molecular weight excluding hydrogens is 321 g/mol. The second kappa shape index (κ2) is 6.18. The third-order valence-corrected chi connectivity index (χ3v) is 5.30. The fourth-order valence-corrected chi connectivity index (χ4v) is 3.58. The van der Waals surface area contributed by atoms with Gasteiger partial charge in [-0.1, -0.05) is 11.6 Å². The molecule has 8 heteroatoms. The fourth-order valence-electron chi connectivity index (χ4n) is 2.20. The number of aliphatic hydroxyl groups excluding tert-OH is 1. The normalized spacial score (nSPS) is 22.7. The van der Waals surface area contributed by atoms with E-state index in [0.717, 1.165) is 25.0 Å². The van der Waals surface area contributed by atoms with Gasteiger partial charge in [-0.3, -0.25) is 0 Å². The van der Waals surface area contributed by atoms with Gasteiger partial charge in [0.25, 0.3) is 0 Å². The van der Waals surface area contributed by atoms with E-state index in [-0.39, 0.29) is 22.0 Å². The molecule has 0 spiro atoms. The number of halogens is 2. The van der Waals surface area contributed by atoms with E-state index in [1.807, 2.05) is 6.92 Å².